The van der Waals surface area contributed by atoms with Gasteiger partial charge in [0.05, 0.1) is 5.69 Å². The molecule has 0 radical (unpaired) electrons. The molecule has 1 N–H and O–H groups in total. The van der Waals surface area contributed by atoms with Crippen molar-refractivity contribution < 1.29 is 0 Å². The minimum atomic E-state index is 0.469. The SMILES string of the molecule is S=c1nc(-c2ccccc2)cc(-c2ccc(Cl)cc2)[nH]1. The number of H-pyrrole nitrogens is 1. The van der Waals surface area contributed by atoms with Crippen LogP contribution in [0.3, 0.4) is 0 Å². The number of hydrogen-bond donors (Lipinski definition) is 1. The Hall–Kier alpha value is -1.97. The number of halogens is 1. The van der Waals surface area contributed by atoms with Crippen molar-refractivity contribution in [1.29, 1.82) is 0 Å². The lowest BCUT2D eigenvalue weighted by molar-refractivity contribution is 1.14. The van der Waals surface area contributed by atoms with Crippen LogP contribution in [0, 0.1) is 4.77 Å². The number of hydrogen-bond acceptors (Lipinski definition) is 2. The van der Waals surface area contributed by atoms with Gasteiger partial charge >= 0.3 is 0 Å². The fourth-order valence-electron chi connectivity index (χ4n) is 2.00. The Balaban J connectivity index is 2.12. The molecule has 1 aromatic heterocycles. The summed E-state index contributed by atoms with van der Waals surface area (Å²) in [6, 6.07) is 19.6. The van der Waals surface area contributed by atoms with E-state index >= 15 is 0 Å². The molecule has 0 amide bonds. The smallest absolute Gasteiger partial charge is 0.197 e. The highest BCUT2D eigenvalue weighted by molar-refractivity contribution is 7.71. The summed E-state index contributed by atoms with van der Waals surface area (Å²) in [6.07, 6.45) is 0. The largest absolute Gasteiger partial charge is 0.330 e. The van der Waals surface area contributed by atoms with E-state index in [9.17, 15) is 0 Å². The Morgan fingerprint density at radius 2 is 1.60 bits per heavy atom. The van der Waals surface area contributed by atoms with Crippen molar-refractivity contribution in [1.82, 2.24) is 9.97 Å². The third kappa shape index (κ3) is 2.79. The maximum atomic E-state index is 5.91. The molecule has 0 bridgehead atoms. The summed E-state index contributed by atoms with van der Waals surface area (Å²) in [6.45, 7) is 0. The molecule has 0 atom stereocenters. The van der Waals surface area contributed by atoms with E-state index in [2.05, 4.69) is 9.97 Å². The van der Waals surface area contributed by atoms with Gasteiger partial charge in [0.2, 0.25) is 0 Å². The Bertz CT molecular complexity index is 780. The van der Waals surface area contributed by atoms with Crippen molar-refractivity contribution in [3.05, 3.63) is 70.5 Å². The van der Waals surface area contributed by atoms with Crippen LogP contribution < -0.4 is 0 Å². The van der Waals surface area contributed by atoms with Gasteiger partial charge < -0.3 is 4.98 Å². The van der Waals surface area contributed by atoms with Crippen molar-refractivity contribution in [3.8, 4) is 22.5 Å². The Kier molecular flexibility index (Phi) is 3.63. The average Bonchev–Trinajstić information content (AvgIpc) is 2.48. The number of nitrogens with zero attached hydrogens (tertiary/aromatic N) is 1. The first-order valence-corrected chi connectivity index (χ1v) is 6.94. The monoisotopic (exact) mass is 298 g/mol. The van der Waals surface area contributed by atoms with Crippen LogP contribution in [0.4, 0.5) is 0 Å². The molecule has 0 aliphatic carbocycles. The molecule has 2 aromatic carbocycles. The lowest BCUT2D eigenvalue weighted by atomic mass is 10.1. The molecule has 98 valence electrons. The van der Waals surface area contributed by atoms with Gasteiger partial charge in [0.15, 0.2) is 4.77 Å². The predicted octanol–water partition coefficient (Wildman–Crippen LogP) is 5.13. The summed E-state index contributed by atoms with van der Waals surface area (Å²) in [5.41, 5.74) is 3.86. The molecular formula is C16H11ClN2S. The minimum Gasteiger partial charge on any atom is -0.330 e. The first-order chi connectivity index (χ1) is 9.72. The Labute approximate surface area is 127 Å². The van der Waals surface area contributed by atoms with Crippen molar-refractivity contribution >= 4 is 23.8 Å². The minimum absolute atomic E-state index is 0.469. The average molecular weight is 299 g/mol. The van der Waals surface area contributed by atoms with Crippen LogP contribution in [-0.4, -0.2) is 9.97 Å². The van der Waals surface area contributed by atoms with Crippen LogP contribution in [0.5, 0.6) is 0 Å². The summed E-state index contributed by atoms with van der Waals surface area (Å²) in [5.74, 6) is 0. The highest BCUT2D eigenvalue weighted by Gasteiger charge is 2.04. The normalized spacial score (nSPS) is 10.4. The molecule has 0 saturated heterocycles. The van der Waals surface area contributed by atoms with Gasteiger partial charge in [0.1, 0.15) is 0 Å². The molecular weight excluding hydrogens is 288 g/mol. The van der Waals surface area contributed by atoms with Crippen molar-refractivity contribution in [3.63, 3.8) is 0 Å². The predicted molar refractivity (Wildman–Crippen MR) is 85.3 cm³/mol. The highest BCUT2D eigenvalue weighted by Crippen LogP contribution is 2.24. The zero-order valence-corrected chi connectivity index (χ0v) is 12.1. The number of nitrogens with one attached hydrogen (secondary N) is 1. The van der Waals surface area contributed by atoms with Gasteiger partial charge in [-0.25, -0.2) is 4.98 Å². The summed E-state index contributed by atoms with van der Waals surface area (Å²) >= 11 is 11.1. The van der Waals surface area contributed by atoms with E-state index in [0.29, 0.717) is 9.79 Å². The van der Waals surface area contributed by atoms with E-state index in [1.807, 2.05) is 60.7 Å². The van der Waals surface area contributed by atoms with Gasteiger partial charge in [-0.15, -0.1) is 0 Å². The van der Waals surface area contributed by atoms with E-state index in [1.54, 1.807) is 0 Å². The van der Waals surface area contributed by atoms with E-state index in [4.69, 9.17) is 23.8 Å². The van der Waals surface area contributed by atoms with Gasteiger partial charge in [-0.1, -0.05) is 54.1 Å². The topological polar surface area (TPSA) is 28.7 Å². The molecule has 0 spiro atoms. The van der Waals surface area contributed by atoms with Crippen LogP contribution in [0.2, 0.25) is 5.02 Å². The molecule has 0 fully saturated rings. The molecule has 4 heteroatoms. The zero-order chi connectivity index (χ0) is 13.9. The fraction of sp³-hybridized carbons (Fsp3) is 0. The molecule has 1 heterocycles. The summed E-state index contributed by atoms with van der Waals surface area (Å²) in [4.78, 5) is 7.49. The molecule has 20 heavy (non-hydrogen) atoms. The highest BCUT2D eigenvalue weighted by atomic mass is 35.5. The van der Waals surface area contributed by atoms with E-state index in [-0.39, 0.29) is 0 Å². The van der Waals surface area contributed by atoms with Gasteiger partial charge in [-0.05, 0) is 36.0 Å². The van der Waals surface area contributed by atoms with Crippen molar-refractivity contribution in [2.75, 3.05) is 0 Å². The number of benzene rings is 2. The van der Waals surface area contributed by atoms with Crippen LogP contribution >= 0.6 is 23.8 Å². The maximum absolute atomic E-state index is 5.91. The molecule has 0 aliphatic rings. The molecule has 0 unspecified atom stereocenters. The second-order valence-corrected chi connectivity index (χ2v) is 5.18. The van der Waals surface area contributed by atoms with E-state index in [0.717, 1.165) is 22.5 Å². The van der Waals surface area contributed by atoms with Gasteiger partial charge in [-0.3, -0.25) is 0 Å². The van der Waals surface area contributed by atoms with Crippen LogP contribution in [0.15, 0.2) is 60.7 Å². The van der Waals surface area contributed by atoms with Gasteiger partial charge in [0.25, 0.3) is 0 Å². The molecule has 3 aromatic rings. The molecule has 2 nitrogen and oxygen atoms in total. The fourth-order valence-corrected chi connectivity index (χ4v) is 2.33. The third-order valence-corrected chi connectivity index (χ3v) is 3.41. The number of aromatic nitrogens is 2. The second kappa shape index (κ2) is 5.57. The van der Waals surface area contributed by atoms with Gasteiger partial charge in [-0.2, -0.15) is 0 Å². The summed E-state index contributed by atoms with van der Waals surface area (Å²) < 4.78 is 0.469. The standard InChI is InChI=1S/C16H11ClN2S/c17-13-8-6-12(7-9-13)15-10-14(18-16(20)19-15)11-4-2-1-3-5-11/h1-10H,(H,18,19,20). The lowest BCUT2D eigenvalue weighted by Gasteiger charge is -2.06. The first-order valence-electron chi connectivity index (χ1n) is 6.15. The van der Waals surface area contributed by atoms with Crippen LogP contribution in [0.1, 0.15) is 0 Å². The summed E-state index contributed by atoms with van der Waals surface area (Å²) in [7, 11) is 0. The number of aromatic amines is 1. The zero-order valence-electron chi connectivity index (χ0n) is 10.5. The first kappa shape index (κ1) is 13.0. The maximum Gasteiger partial charge on any atom is 0.197 e. The second-order valence-electron chi connectivity index (χ2n) is 4.36. The molecule has 0 saturated carbocycles. The Morgan fingerprint density at radius 1 is 0.900 bits per heavy atom. The van der Waals surface area contributed by atoms with E-state index < -0.39 is 0 Å². The number of rotatable bonds is 2. The van der Waals surface area contributed by atoms with E-state index in [1.165, 1.54) is 0 Å². The van der Waals surface area contributed by atoms with Gasteiger partial charge in [0, 0.05) is 16.3 Å². The Morgan fingerprint density at radius 3 is 2.30 bits per heavy atom. The summed E-state index contributed by atoms with van der Waals surface area (Å²) in [5, 5.41) is 0.713. The van der Waals surface area contributed by atoms with Crippen molar-refractivity contribution in [2.24, 2.45) is 0 Å². The molecule has 3 rings (SSSR count). The van der Waals surface area contributed by atoms with Crippen molar-refractivity contribution in [2.45, 2.75) is 0 Å². The van der Waals surface area contributed by atoms with Crippen LogP contribution in [0.25, 0.3) is 22.5 Å². The lowest BCUT2D eigenvalue weighted by Crippen LogP contribution is -1.91. The van der Waals surface area contributed by atoms with Crippen LogP contribution in [-0.2, 0) is 0 Å². The quantitative estimate of drug-likeness (QED) is 0.665. The molecule has 0 aliphatic heterocycles. The third-order valence-electron chi connectivity index (χ3n) is 2.97.